The van der Waals surface area contributed by atoms with E-state index in [0.717, 1.165) is 37.5 Å². The molecule has 3 rings (SSSR count). The lowest BCUT2D eigenvalue weighted by atomic mass is 9.80. The van der Waals surface area contributed by atoms with Gasteiger partial charge in [-0.1, -0.05) is 40.0 Å². The molecule has 0 spiro atoms. The number of hydrogen-bond donors (Lipinski definition) is 3. The normalized spacial score (nSPS) is 21.2. The Balaban J connectivity index is 1.71. The topological polar surface area (TPSA) is 108 Å². The zero-order valence-corrected chi connectivity index (χ0v) is 20.6. The quantitative estimate of drug-likeness (QED) is 0.526. The molecule has 2 heterocycles. The average Bonchev–Trinajstić information content (AvgIpc) is 3.47. The second kappa shape index (κ2) is 10.7. The fourth-order valence-electron chi connectivity index (χ4n) is 4.72. The molecule has 2 unspecified atom stereocenters. The first-order chi connectivity index (χ1) is 15.7. The first-order valence-corrected chi connectivity index (χ1v) is 12.7. The van der Waals surface area contributed by atoms with Gasteiger partial charge in [0.1, 0.15) is 17.9 Å². The van der Waals surface area contributed by atoms with Gasteiger partial charge in [0.15, 0.2) is 0 Å². The monoisotopic (exact) mass is 476 g/mol. The van der Waals surface area contributed by atoms with Gasteiger partial charge in [-0.15, -0.1) is 0 Å². The summed E-state index contributed by atoms with van der Waals surface area (Å²) in [5.74, 6) is -0.449. The lowest BCUT2D eigenvalue weighted by Gasteiger charge is -2.39. The largest absolute Gasteiger partial charge is 0.350 e. The maximum absolute atomic E-state index is 13.3. The van der Waals surface area contributed by atoms with Crippen molar-refractivity contribution in [3.63, 3.8) is 0 Å². The van der Waals surface area contributed by atoms with E-state index in [4.69, 9.17) is 0 Å². The van der Waals surface area contributed by atoms with Crippen molar-refractivity contribution >= 4 is 35.5 Å². The number of carbonyl (C=O) groups excluding carboxylic acids is 4. The zero-order chi connectivity index (χ0) is 24.1. The summed E-state index contributed by atoms with van der Waals surface area (Å²) in [4.78, 5) is 52.6. The van der Waals surface area contributed by atoms with Crippen molar-refractivity contribution in [2.75, 3.05) is 6.54 Å². The van der Waals surface area contributed by atoms with Gasteiger partial charge in [-0.05, 0) is 53.5 Å². The van der Waals surface area contributed by atoms with E-state index in [1.165, 1.54) is 0 Å². The van der Waals surface area contributed by atoms with E-state index in [0.29, 0.717) is 32.4 Å². The number of rotatable bonds is 7. The van der Waals surface area contributed by atoms with Gasteiger partial charge in [0.05, 0.1) is 6.04 Å². The number of carbonyl (C=O) groups is 4. The maximum Gasteiger partial charge on any atom is 0.316 e. The van der Waals surface area contributed by atoms with Crippen LogP contribution in [0.5, 0.6) is 0 Å². The molecule has 182 valence electrons. The Bertz CT molecular complexity index is 843. The van der Waals surface area contributed by atoms with Crippen molar-refractivity contribution in [1.82, 2.24) is 20.9 Å². The van der Waals surface area contributed by atoms with Gasteiger partial charge in [0.2, 0.25) is 11.8 Å². The number of aldehydes is 1. The van der Waals surface area contributed by atoms with Crippen molar-refractivity contribution < 1.29 is 19.2 Å². The summed E-state index contributed by atoms with van der Waals surface area (Å²) < 4.78 is 0. The van der Waals surface area contributed by atoms with Crippen LogP contribution in [0.1, 0.15) is 71.3 Å². The minimum Gasteiger partial charge on any atom is -0.350 e. The maximum atomic E-state index is 13.3. The van der Waals surface area contributed by atoms with Crippen LogP contribution in [0, 0.1) is 5.41 Å². The Hall–Kier alpha value is -2.42. The van der Waals surface area contributed by atoms with Crippen molar-refractivity contribution in [3.8, 4) is 0 Å². The Morgan fingerprint density at radius 3 is 2.55 bits per heavy atom. The first kappa shape index (κ1) is 25.2. The highest BCUT2D eigenvalue weighted by molar-refractivity contribution is 7.07. The summed E-state index contributed by atoms with van der Waals surface area (Å²) in [5, 5.41) is 12.7. The number of nitrogens with one attached hydrogen (secondary N) is 3. The lowest BCUT2D eigenvalue weighted by molar-refractivity contribution is -0.138. The van der Waals surface area contributed by atoms with Crippen LogP contribution in [0.2, 0.25) is 0 Å². The molecule has 0 bridgehead atoms. The van der Waals surface area contributed by atoms with Gasteiger partial charge >= 0.3 is 6.03 Å². The molecular formula is C24H36N4O4S. The molecule has 0 radical (unpaired) electrons. The highest BCUT2D eigenvalue weighted by atomic mass is 32.1. The lowest BCUT2D eigenvalue weighted by Crippen LogP contribution is -2.64. The van der Waals surface area contributed by atoms with Crippen LogP contribution in [0.4, 0.5) is 4.79 Å². The molecule has 4 amide bonds. The summed E-state index contributed by atoms with van der Waals surface area (Å²) in [6.07, 6.45) is 6.06. The molecule has 1 aromatic rings. The van der Waals surface area contributed by atoms with E-state index in [9.17, 15) is 19.2 Å². The smallest absolute Gasteiger partial charge is 0.316 e. The Morgan fingerprint density at radius 1 is 1.21 bits per heavy atom. The third-order valence-electron chi connectivity index (χ3n) is 6.66. The fraction of sp³-hybridized carbons (Fsp3) is 0.667. The molecule has 9 heteroatoms. The SMILES string of the molecule is CC(C)(C)C(NC(=O)NC1(C(=O)NCc2ccsc2)CCCCC1)C(=O)N1CCCC1C=O. The van der Waals surface area contributed by atoms with Crippen LogP contribution < -0.4 is 16.0 Å². The van der Waals surface area contributed by atoms with Gasteiger partial charge < -0.3 is 25.6 Å². The van der Waals surface area contributed by atoms with Crippen LogP contribution >= 0.6 is 11.3 Å². The number of thiophene rings is 1. The third-order valence-corrected chi connectivity index (χ3v) is 7.39. The van der Waals surface area contributed by atoms with E-state index < -0.39 is 29.1 Å². The minimum absolute atomic E-state index is 0.192. The van der Waals surface area contributed by atoms with E-state index in [-0.39, 0.29) is 11.8 Å². The molecule has 2 atom stereocenters. The molecule has 33 heavy (non-hydrogen) atoms. The van der Waals surface area contributed by atoms with Gasteiger partial charge in [0.25, 0.3) is 0 Å². The van der Waals surface area contributed by atoms with Crippen molar-refractivity contribution in [1.29, 1.82) is 0 Å². The summed E-state index contributed by atoms with van der Waals surface area (Å²) in [5.41, 5.74) is -0.536. The van der Waals surface area contributed by atoms with Crippen LogP contribution in [0.3, 0.4) is 0 Å². The minimum atomic E-state index is -0.997. The molecule has 1 aromatic heterocycles. The number of nitrogens with zero attached hydrogens (tertiary/aromatic N) is 1. The average molecular weight is 477 g/mol. The molecule has 1 aliphatic heterocycles. The zero-order valence-electron chi connectivity index (χ0n) is 19.8. The second-order valence-corrected chi connectivity index (χ2v) is 11.0. The Kier molecular flexibility index (Phi) is 8.15. The van der Waals surface area contributed by atoms with Gasteiger partial charge in [0, 0.05) is 13.1 Å². The van der Waals surface area contributed by atoms with Gasteiger partial charge in [-0.2, -0.15) is 11.3 Å². The number of urea groups is 1. The molecule has 1 saturated heterocycles. The molecule has 3 N–H and O–H groups in total. The highest BCUT2D eigenvalue weighted by Crippen LogP contribution is 2.29. The summed E-state index contributed by atoms with van der Waals surface area (Å²) in [6.45, 7) is 6.56. The van der Waals surface area contributed by atoms with E-state index in [2.05, 4.69) is 16.0 Å². The molecule has 0 aromatic carbocycles. The highest BCUT2D eigenvalue weighted by Gasteiger charge is 2.43. The van der Waals surface area contributed by atoms with E-state index in [1.807, 2.05) is 37.6 Å². The molecular weight excluding hydrogens is 440 g/mol. The summed E-state index contributed by atoms with van der Waals surface area (Å²) in [7, 11) is 0. The summed E-state index contributed by atoms with van der Waals surface area (Å²) in [6, 6.07) is 0.174. The van der Waals surface area contributed by atoms with Crippen LogP contribution in [0.25, 0.3) is 0 Å². The Morgan fingerprint density at radius 2 is 1.94 bits per heavy atom. The molecule has 2 aliphatic rings. The van der Waals surface area contributed by atoms with Crippen LogP contribution in [0.15, 0.2) is 16.8 Å². The van der Waals surface area contributed by atoms with E-state index >= 15 is 0 Å². The third kappa shape index (κ3) is 6.13. The van der Waals surface area contributed by atoms with Crippen molar-refractivity contribution in [2.24, 2.45) is 5.41 Å². The standard InChI is InChI=1S/C24H36N4O4S/c1-23(2,3)19(20(30)28-12-7-8-18(28)15-29)26-22(32)27-24(10-5-4-6-11-24)21(31)25-14-17-9-13-33-16-17/h9,13,15-16,18-19H,4-8,10-12,14H2,1-3H3,(H,25,31)(H2,26,27,32). The fourth-order valence-corrected chi connectivity index (χ4v) is 5.38. The van der Waals surface area contributed by atoms with Gasteiger partial charge in [-0.3, -0.25) is 9.59 Å². The number of likely N-dealkylation sites (tertiary alicyclic amines) is 1. The molecule has 1 aliphatic carbocycles. The first-order valence-electron chi connectivity index (χ1n) is 11.8. The molecule has 8 nitrogen and oxygen atoms in total. The Labute approximate surface area is 199 Å². The molecule has 2 fully saturated rings. The predicted molar refractivity (Wildman–Crippen MR) is 128 cm³/mol. The van der Waals surface area contributed by atoms with Gasteiger partial charge in [-0.25, -0.2) is 4.79 Å². The van der Waals surface area contributed by atoms with Crippen LogP contribution in [-0.2, 0) is 20.9 Å². The number of hydrogen-bond acceptors (Lipinski definition) is 5. The van der Waals surface area contributed by atoms with Crippen molar-refractivity contribution in [2.45, 2.75) is 89.9 Å². The molecule has 1 saturated carbocycles. The van der Waals surface area contributed by atoms with Crippen LogP contribution in [-0.4, -0.2) is 53.2 Å². The summed E-state index contributed by atoms with van der Waals surface area (Å²) >= 11 is 1.57. The second-order valence-electron chi connectivity index (χ2n) is 10.2. The number of amides is 4. The predicted octanol–water partition coefficient (Wildman–Crippen LogP) is 2.97. The van der Waals surface area contributed by atoms with Crippen molar-refractivity contribution in [3.05, 3.63) is 22.4 Å². The van der Waals surface area contributed by atoms with E-state index in [1.54, 1.807) is 16.2 Å².